The molecule has 1 heterocycles. The Labute approximate surface area is 136 Å². The molecule has 0 spiro atoms. The van der Waals surface area contributed by atoms with Crippen LogP contribution in [0.1, 0.15) is 5.56 Å². The highest BCUT2D eigenvalue weighted by atomic mass is 35.5. The predicted octanol–water partition coefficient (Wildman–Crippen LogP) is 2.34. The van der Waals surface area contributed by atoms with Crippen LogP contribution in [-0.2, 0) is 9.59 Å². The molecule has 0 atom stereocenters. The first kappa shape index (κ1) is 16.4. The van der Waals surface area contributed by atoms with Crippen molar-refractivity contribution in [2.45, 2.75) is 0 Å². The lowest BCUT2D eigenvalue weighted by atomic mass is 10.2. The lowest BCUT2D eigenvalue weighted by Gasteiger charge is -2.06. The predicted molar refractivity (Wildman–Crippen MR) is 86.3 cm³/mol. The molecule has 0 aliphatic carbocycles. The monoisotopic (exact) mass is 340 g/mol. The molecule has 1 aromatic carbocycles. The number of benzene rings is 1. The molecule has 1 amide bonds. The minimum Gasteiger partial charge on any atom is -0.480 e. The fourth-order valence-electron chi connectivity index (χ4n) is 1.76. The second kappa shape index (κ2) is 6.85. The Morgan fingerprint density at radius 1 is 1.55 bits per heavy atom. The average molecular weight is 341 g/mol. The molecule has 0 radical (unpaired) electrons. The molecule has 0 aromatic heterocycles. The second-order valence-corrected chi connectivity index (χ2v) is 5.77. The number of aliphatic carboxylic acids is 1. The zero-order valence-electron chi connectivity index (χ0n) is 11.9. The molecular formula is C14H13ClN2O4S. The average Bonchev–Trinajstić information content (AvgIpc) is 2.74. The molecular weight excluding hydrogens is 328 g/mol. The number of aliphatic imine (C=N–C) groups is 1. The van der Waals surface area contributed by atoms with E-state index in [-0.39, 0.29) is 16.7 Å². The summed E-state index contributed by atoms with van der Waals surface area (Å²) in [5.74, 6) is -0.929. The molecule has 6 nitrogen and oxygen atoms in total. The Hall–Kier alpha value is -1.99. The van der Waals surface area contributed by atoms with Crippen molar-refractivity contribution in [1.29, 1.82) is 0 Å². The van der Waals surface area contributed by atoms with Crippen molar-refractivity contribution in [2.24, 2.45) is 4.99 Å². The number of carboxylic acids is 1. The van der Waals surface area contributed by atoms with E-state index in [0.29, 0.717) is 15.6 Å². The number of likely N-dealkylation sites (N-methyl/N-ethyl adjacent to an activating group) is 1. The van der Waals surface area contributed by atoms with E-state index in [4.69, 9.17) is 21.4 Å². The summed E-state index contributed by atoms with van der Waals surface area (Å²) in [5.41, 5.74) is 0.717. The summed E-state index contributed by atoms with van der Waals surface area (Å²) in [7, 11) is 3.29. The molecule has 1 N–H and O–H groups in total. The topological polar surface area (TPSA) is 79.2 Å². The molecule has 0 saturated carbocycles. The van der Waals surface area contributed by atoms with Crippen LogP contribution in [0.3, 0.4) is 0 Å². The highest BCUT2D eigenvalue weighted by molar-refractivity contribution is 8.18. The number of amides is 1. The molecule has 2 rings (SSSR count). The van der Waals surface area contributed by atoms with Crippen LogP contribution in [0.4, 0.5) is 0 Å². The van der Waals surface area contributed by atoms with E-state index >= 15 is 0 Å². The number of amidine groups is 1. The Kier molecular flexibility index (Phi) is 5.10. The maximum absolute atomic E-state index is 12.0. The van der Waals surface area contributed by atoms with Crippen molar-refractivity contribution < 1.29 is 19.4 Å². The van der Waals surface area contributed by atoms with E-state index in [9.17, 15) is 9.59 Å². The molecule has 1 saturated heterocycles. The van der Waals surface area contributed by atoms with Crippen LogP contribution < -0.4 is 4.74 Å². The SMILES string of the molecule is CN=C1S/C(=C\c2ccc(OCC(=O)O)c(Cl)c2)C(=O)N1C. The van der Waals surface area contributed by atoms with Gasteiger partial charge < -0.3 is 9.84 Å². The normalized spacial score (nSPS) is 18.3. The van der Waals surface area contributed by atoms with Crippen LogP contribution in [-0.4, -0.2) is 47.8 Å². The third kappa shape index (κ3) is 3.61. The van der Waals surface area contributed by atoms with Crippen LogP contribution in [0.2, 0.25) is 5.02 Å². The van der Waals surface area contributed by atoms with E-state index < -0.39 is 12.6 Å². The molecule has 116 valence electrons. The summed E-state index contributed by atoms with van der Waals surface area (Å²) < 4.78 is 5.04. The lowest BCUT2D eigenvalue weighted by molar-refractivity contribution is -0.139. The largest absolute Gasteiger partial charge is 0.480 e. The summed E-state index contributed by atoms with van der Waals surface area (Å²) >= 11 is 7.33. The van der Waals surface area contributed by atoms with Gasteiger partial charge in [0.05, 0.1) is 9.93 Å². The van der Waals surface area contributed by atoms with Crippen molar-refractivity contribution in [1.82, 2.24) is 4.90 Å². The van der Waals surface area contributed by atoms with Gasteiger partial charge in [-0.2, -0.15) is 0 Å². The number of hydrogen-bond acceptors (Lipinski definition) is 5. The summed E-state index contributed by atoms with van der Waals surface area (Å²) in [6, 6.07) is 4.88. The highest BCUT2D eigenvalue weighted by Gasteiger charge is 2.29. The maximum Gasteiger partial charge on any atom is 0.341 e. The summed E-state index contributed by atoms with van der Waals surface area (Å²) in [5, 5.41) is 9.49. The lowest BCUT2D eigenvalue weighted by Crippen LogP contribution is -2.23. The first-order chi connectivity index (χ1) is 10.4. The first-order valence-electron chi connectivity index (χ1n) is 6.21. The zero-order chi connectivity index (χ0) is 16.3. The Morgan fingerprint density at radius 2 is 2.27 bits per heavy atom. The van der Waals surface area contributed by atoms with Crippen molar-refractivity contribution in [3.8, 4) is 5.75 Å². The first-order valence-corrected chi connectivity index (χ1v) is 7.40. The third-order valence-electron chi connectivity index (χ3n) is 2.80. The minimum atomic E-state index is -1.08. The fourth-order valence-corrected chi connectivity index (χ4v) is 2.93. The number of carboxylic acid groups (broad SMARTS) is 1. The molecule has 8 heteroatoms. The second-order valence-electron chi connectivity index (χ2n) is 4.35. The summed E-state index contributed by atoms with van der Waals surface area (Å²) in [4.78, 5) is 28.6. The van der Waals surface area contributed by atoms with Crippen molar-refractivity contribution in [3.05, 3.63) is 33.7 Å². The van der Waals surface area contributed by atoms with Gasteiger partial charge >= 0.3 is 5.97 Å². The number of hydrogen-bond donors (Lipinski definition) is 1. The number of halogens is 1. The quantitative estimate of drug-likeness (QED) is 0.851. The number of carbonyl (C=O) groups excluding carboxylic acids is 1. The van der Waals surface area contributed by atoms with Gasteiger partial charge in [-0.3, -0.25) is 14.7 Å². The standard InChI is InChI=1S/C14H13ClN2O4S/c1-16-14-17(2)13(20)11(22-14)6-8-3-4-10(9(15)5-8)21-7-12(18)19/h3-6H,7H2,1-2H3,(H,18,19)/b11-6-,16-14?. The zero-order valence-corrected chi connectivity index (χ0v) is 13.4. The molecule has 22 heavy (non-hydrogen) atoms. The fraction of sp³-hybridized carbons (Fsp3) is 0.214. The van der Waals surface area contributed by atoms with Gasteiger partial charge in [0.25, 0.3) is 5.91 Å². The number of carbonyl (C=O) groups is 2. The Morgan fingerprint density at radius 3 is 2.82 bits per heavy atom. The van der Waals surface area contributed by atoms with Crippen molar-refractivity contribution in [3.63, 3.8) is 0 Å². The highest BCUT2D eigenvalue weighted by Crippen LogP contribution is 2.33. The third-order valence-corrected chi connectivity index (χ3v) is 4.25. The van der Waals surface area contributed by atoms with Crippen molar-refractivity contribution in [2.75, 3.05) is 20.7 Å². The van der Waals surface area contributed by atoms with Crippen molar-refractivity contribution >= 4 is 46.5 Å². The number of ether oxygens (including phenoxy) is 1. The van der Waals surface area contributed by atoms with E-state index in [0.717, 1.165) is 0 Å². The van der Waals surface area contributed by atoms with E-state index in [1.54, 1.807) is 38.4 Å². The van der Waals surface area contributed by atoms with Gasteiger partial charge in [-0.25, -0.2) is 4.79 Å². The molecule has 1 aliphatic rings. The maximum atomic E-state index is 12.0. The van der Waals surface area contributed by atoms with Gasteiger partial charge in [-0.05, 0) is 35.5 Å². The van der Waals surface area contributed by atoms with Crippen LogP contribution in [0, 0.1) is 0 Å². The van der Waals surface area contributed by atoms with E-state index in [2.05, 4.69) is 4.99 Å². The Bertz CT molecular complexity index is 687. The van der Waals surface area contributed by atoms with Gasteiger partial charge in [0.2, 0.25) is 0 Å². The molecule has 1 aliphatic heterocycles. The van der Waals surface area contributed by atoms with Crippen LogP contribution in [0.15, 0.2) is 28.1 Å². The van der Waals surface area contributed by atoms with Crippen LogP contribution in [0.25, 0.3) is 6.08 Å². The van der Waals surface area contributed by atoms with Gasteiger partial charge in [-0.15, -0.1) is 0 Å². The van der Waals surface area contributed by atoms with Crippen LogP contribution >= 0.6 is 23.4 Å². The molecule has 0 bridgehead atoms. The number of thioether (sulfide) groups is 1. The molecule has 1 fully saturated rings. The minimum absolute atomic E-state index is 0.132. The van der Waals surface area contributed by atoms with Gasteiger partial charge in [0.15, 0.2) is 11.8 Å². The van der Waals surface area contributed by atoms with Gasteiger partial charge in [0, 0.05) is 14.1 Å². The van der Waals surface area contributed by atoms with Crippen LogP contribution in [0.5, 0.6) is 5.75 Å². The van der Waals surface area contributed by atoms with Gasteiger partial charge in [-0.1, -0.05) is 17.7 Å². The Balaban J connectivity index is 2.21. The number of rotatable bonds is 4. The smallest absolute Gasteiger partial charge is 0.341 e. The van der Waals surface area contributed by atoms with E-state index in [1.165, 1.54) is 16.7 Å². The van der Waals surface area contributed by atoms with E-state index in [1.807, 2.05) is 0 Å². The summed E-state index contributed by atoms with van der Waals surface area (Å²) in [6.07, 6.45) is 1.70. The number of nitrogens with zero attached hydrogens (tertiary/aromatic N) is 2. The molecule has 0 unspecified atom stereocenters. The molecule has 1 aromatic rings. The summed E-state index contributed by atoms with van der Waals surface area (Å²) in [6.45, 7) is -0.463. The van der Waals surface area contributed by atoms with Gasteiger partial charge in [0.1, 0.15) is 5.75 Å².